The van der Waals surface area contributed by atoms with Crippen molar-refractivity contribution in [1.82, 2.24) is 0 Å². The highest BCUT2D eigenvalue weighted by molar-refractivity contribution is 7.99. The van der Waals surface area contributed by atoms with Crippen LogP contribution < -0.4 is 0 Å². The molecule has 0 aliphatic heterocycles. The van der Waals surface area contributed by atoms with Crippen molar-refractivity contribution in [1.29, 1.82) is 0 Å². The standard InChI is InChI=1S/C23H21NO2S/c1-16-4-10-20(11-5-16)27-21-12-7-18(8-13-21)15-24-22-14-19(23(25)26-3)9-6-17(22)2/h4-15H,1-3H3. The van der Waals surface area contributed by atoms with E-state index in [1.165, 1.54) is 22.5 Å². The van der Waals surface area contributed by atoms with Crippen LogP contribution in [0.3, 0.4) is 0 Å². The first-order valence-electron chi connectivity index (χ1n) is 8.63. The molecule has 0 unspecified atom stereocenters. The summed E-state index contributed by atoms with van der Waals surface area (Å²) in [5.41, 5.74) is 4.53. The summed E-state index contributed by atoms with van der Waals surface area (Å²) in [5.74, 6) is -0.357. The topological polar surface area (TPSA) is 38.7 Å². The highest BCUT2D eigenvalue weighted by atomic mass is 32.2. The highest BCUT2D eigenvalue weighted by Crippen LogP contribution is 2.28. The van der Waals surface area contributed by atoms with Crippen molar-refractivity contribution in [2.24, 2.45) is 4.99 Å². The summed E-state index contributed by atoms with van der Waals surface area (Å²) in [7, 11) is 1.38. The minimum Gasteiger partial charge on any atom is -0.465 e. The van der Waals surface area contributed by atoms with Crippen molar-refractivity contribution >= 4 is 29.6 Å². The Morgan fingerprint density at radius 2 is 1.56 bits per heavy atom. The molecule has 0 saturated heterocycles. The molecule has 3 nitrogen and oxygen atoms in total. The third kappa shape index (κ3) is 5.08. The number of carbonyl (C=O) groups excluding carboxylic acids is 1. The van der Waals surface area contributed by atoms with Crippen LogP contribution in [0, 0.1) is 13.8 Å². The fourth-order valence-corrected chi connectivity index (χ4v) is 3.32. The summed E-state index contributed by atoms with van der Waals surface area (Å²) in [6.07, 6.45) is 1.81. The smallest absolute Gasteiger partial charge is 0.337 e. The van der Waals surface area contributed by atoms with E-state index in [-0.39, 0.29) is 5.97 Å². The third-order valence-corrected chi connectivity index (χ3v) is 5.14. The molecule has 27 heavy (non-hydrogen) atoms. The number of hydrogen-bond donors (Lipinski definition) is 0. The van der Waals surface area contributed by atoms with Crippen molar-refractivity contribution in [2.75, 3.05) is 7.11 Å². The molecule has 0 heterocycles. The van der Waals surface area contributed by atoms with Crippen LogP contribution in [0.2, 0.25) is 0 Å². The lowest BCUT2D eigenvalue weighted by molar-refractivity contribution is 0.0601. The quantitative estimate of drug-likeness (QED) is 0.406. The molecule has 136 valence electrons. The minimum atomic E-state index is -0.357. The molecular weight excluding hydrogens is 354 g/mol. The minimum absolute atomic E-state index is 0.357. The maximum atomic E-state index is 11.7. The first-order valence-corrected chi connectivity index (χ1v) is 9.44. The predicted molar refractivity (Wildman–Crippen MR) is 112 cm³/mol. The van der Waals surface area contributed by atoms with Gasteiger partial charge in [-0.25, -0.2) is 4.79 Å². The monoisotopic (exact) mass is 375 g/mol. The molecule has 0 bridgehead atoms. The van der Waals surface area contributed by atoms with Gasteiger partial charge < -0.3 is 4.74 Å². The lowest BCUT2D eigenvalue weighted by Crippen LogP contribution is -2.00. The number of rotatable bonds is 5. The summed E-state index contributed by atoms with van der Waals surface area (Å²) in [5, 5.41) is 0. The second-order valence-electron chi connectivity index (χ2n) is 6.24. The molecule has 0 radical (unpaired) electrons. The van der Waals surface area contributed by atoms with E-state index in [4.69, 9.17) is 4.74 Å². The van der Waals surface area contributed by atoms with Crippen LogP contribution in [0.4, 0.5) is 5.69 Å². The van der Waals surface area contributed by atoms with E-state index in [0.717, 1.165) is 16.8 Å². The number of nitrogens with zero attached hydrogens (tertiary/aromatic N) is 1. The largest absolute Gasteiger partial charge is 0.465 e. The van der Waals surface area contributed by atoms with Crippen molar-refractivity contribution in [3.63, 3.8) is 0 Å². The maximum absolute atomic E-state index is 11.7. The Bertz CT molecular complexity index is 961. The Kier molecular flexibility index (Phi) is 6.09. The number of carbonyl (C=O) groups is 1. The van der Waals surface area contributed by atoms with Crippen molar-refractivity contribution in [3.05, 3.63) is 89.0 Å². The number of aryl methyl sites for hydroxylation is 2. The van der Waals surface area contributed by atoms with E-state index in [9.17, 15) is 4.79 Å². The Balaban J connectivity index is 1.72. The second-order valence-corrected chi connectivity index (χ2v) is 7.38. The van der Waals surface area contributed by atoms with Gasteiger partial charge in [0.2, 0.25) is 0 Å². The summed E-state index contributed by atoms with van der Waals surface area (Å²) in [6.45, 7) is 4.06. The number of aliphatic imine (C=N–C) groups is 1. The molecule has 4 heteroatoms. The zero-order valence-electron chi connectivity index (χ0n) is 15.6. The summed E-state index contributed by atoms with van der Waals surface area (Å²) < 4.78 is 4.77. The summed E-state index contributed by atoms with van der Waals surface area (Å²) in [6, 6.07) is 22.1. The van der Waals surface area contributed by atoms with Crippen LogP contribution in [-0.4, -0.2) is 19.3 Å². The van der Waals surface area contributed by atoms with Gasteiger partial charge in [0.15, 0.2) is 0 Å². The molecule has 0 aliphatic rings. The van der Waals surface area contributed by atoms with Crippen LogP contribution in [-0.2, 0) is 4.74 Å². The molecule has 3 aromatic rings. The van der Waals surface area contributed by atoms with E-state index in [0.29, 0.717) is 5.56 Å². The Labute approximate surface area is 164 Å². The van der Waals surface area contributed by atoms with Gasteiger partial charge >= 0.3 is 5.97 Å². The average Bonchev–Trinajstić information content (AvgIpc) is 2.69. The number of ether oxygens (including phenoxy) is 1. The van der Waals surface area contributed by atoms with Gasteiger partial charge in [0.25, 0.3) is 0 Å². The van der Waals surface area contributed by atoms with E-state index in [1.54, 1.807) is 23.9 Å². The lowest BCUT2D eigenvalue weighted by Gasteiger charge is -2.04. The fraction of sp³-hybridized carbons (Fsp3) is 0.130. The third-order valence-electron chi connectivity index (χ3n) is 4.12. The molecule has 0 spiro atoms. The van der Waals surface area contributed by atoms with E-state index >= 15 is 0 Å². The first-order chi connectivity index (χ1) is 13.0. The summed E-state index contributed by atoms with van der Waals surface area (Å²) >= 11 is 1.73. The van der Waals surface area contributed by atoms with Gasteiger partial charge in [-0.1, -0.05) is 47.7 Å². The van der Waals surface area contributed by atoms with Gasteiger partial charge in [-0.2, -0.15) is 0 Å². The number of benzene rings is 3. The van der Waals surface area contributed by atoms with Gasteiger partial charge in [-0.3, -0.25) is 4.99 Å². The van der Waals surface area contributed by atoms with Gasteiger partial charge in [0.05, 0.1) is 18.4 Å². The van der Waals surface area contributed by atoms with Crippen molar-refractivity contribution in [3.8, 4) is 0 Å². The van der Waals surface area contributed by atoms with Crippen LogP contribution in [0.15, 0.2) is 81.5 Å². The SMILES string of the molecule is COC(=O)c1ccc(C)c(N=Cc2ccc(Sc3ccc(C)cc3)cc2)c1. The van der Waals surface area contributed by atoms with E-state index < -0.39 is 0 Å². The molecule has 3 rings (SSSR count). The van der Waals surface area contributed by atoms with Crippen LogP contribution in [0.5, 0.6) is 0 Å². The zero-order chi connectivity index (χ0) is 19.2. The lowest BCUT2D eigenvalue weighted by atomic mass is 10.1. The molecule has 0 N–H and O–H groups in total. The highest BCUT2D eigenvalue weighted by Gasteiger charge is 2.07. The number of hydrogen-bond acceptors (Lipinski definition) is 4. The van der Waals surface area contributed by atoms with Gasteiger partial charge in [0.1, 0.15) is 0 Å². The summed E-state index contributed by atoms with van der Waals surface area (Å²) in [4.78, 5) is 18.6. The van der Waals surface area contributed by atoms with E-state index in [2.05, 4.69) is 48.3 Å². The average molecular weight is 375 g/mol. The van der Waals surface area contributed by atoms with Crippen molar-refractivity contribution < 1.29 is 9.53 Å². The Morgan fingerprint density at radius 1 is 0.926 bits per heavy atom. The van der Waals surface area contributed by atoms with Crippen molar-refractivity contribution in [2.45, 2.75) is 23.6 Å². The molecule has 0 fully saturated rings. The van der Waals surface area contributed by atoms with Crippen LogP contribution >= 0.6 is 11.8 Å². The predicted octanol–water partition coefficient (Wildman–Crippen LogP) is 5.99. The van der Waals surface area contributed by atoms with Gasteiger partial charge in [-0.05, 0) is 61.4 Å². The Hall–Kier alpha value is -2.85. The van der Waals surface area contributed by atoms with E-state index in [1.807, 2.05) is 31.3 Å². The number of esters is 1. The molecule has 0 atom stereocenters. The normalized spacial score (nSPS) is 10.9. The fourth-order valence-electron chi connectivity index (χ4n) is 2.50. The number of methoxy groups -OCH3 is 1. The molecule has 3 aromatic carbocycles. The van der Waals surface area contributed by atoms with Gasteiger partial charge in [-0.15, -0.1) is 0 Å². The molecule has 0 saturated carbocycles. The second kappa shape index (κ2) is 8.69. The first kappa shape index (κ1) is 18.9. The molecule has 0 aromatic heterocycles. The van der Waals surface area contributed by atoms with Crippen LogP contribution in [0.25, 0.3) is 0 Å². The van der Waals surface area contributed by atoms with Crippen LogP contribution in [0.1, 0.15) is 27.0 Å². The Morgan fingerprint density at radius 3 is 2.19 bits per heavy atom. The zero-order valence-corrected chi connectivity index (χ0v) is 16.4. The molecule has 0 aliphatic carbocycles. The maximum Gasteiger partial charge on any atom is 0.337 e. The molecule has 0 amide bonds. The van der Waals surface area contributed by atoms with Gasteiger partial charge in [0, 0.05) is 16.0 Å². The molecular formula is C23H21NO2S.